The zero-order chi connectivity index (χ0) is 31.1. The quantitative estimate of drug-likeness (QED) is 0.0533. The number of nitrogens with two attached hydrogens (primary N) is 4. The summed E-state index contributed by atoms with van der Waals surface area (Å²) in [6, 6.07) is 1.01. The van der Waals surface area contributed by atoms with Crippen LogP contribution in [0.3, 0.4) is 0 Å². The SMILES string of the molecule is CC(C)CC(N)C(=O)NC(CCCN=C(N)N)C(=O)NC(CCC(N)=O)C(=O)NC(Cc1ccc(O)cc1)C(=O)O. The van der Waals surface area contributed by atoms with E-state index >= 15 is 0 Å². The van der Waals surface area contributed by atoms with Crippen molar-refractivity contribution in [3.8, 4) is 5.75 Å². The number of benzene rings is 1. The Balaban J connectivity index is 3.09. The van der Waals surface area contributed by atoms with Crippen molar-refractivity contribution in [1.29, 1.82) is 0 Å². The van der Waals surface area contributed by atoms with Crippen LogP contribution in [0.4, 0.5) is 0 Å². The largest absolute Gasteiger partial charge is 0.508 e. The average Bonchev–Trinajstić information content (AvgIpc) is 2.87. The van der Waals surface area contributed by atoms with Crippen molar-refractivity contribution in [2.75, 3.05) is 6.54 Å². The number of hydrogen-bond donors (Lipinski definition) is 9. The molecular weight excluding hydrogens is 536 g/mol. The van der Waals surface area contributed by atoms with E-state index in [4.69, 9.17) is 22.9 Å². The van der Waals surface area contributed by atoms with E-state index < -0.39 is 53.8 Å². The Kier molecular flexibility index (Phi) is 14.6. The van der Waals surface area contributed by atoms with Gasteiger partial charge in [-0.05, 0) is 49.3 Å². The molecule has 4 atom stereocenters. The van der Waals surface area contributed by atoms with Crippen LogP contribution in [-0.2, 0) is 30.4 Å². The van der Waals surface area contributed by atoms with Gasteiger partial charge in [-0.3, -0.25) is 24.2 Å². The van der Waals surface area contributed by atoms with Gasteiger partial charge >= 0.3 is 5.97 Å². The van der Waals surface area contributed by atoms with Gasteiger partial charge in [0.2, 0.25) is 23.6 Å². The molecule has 0 saturated heterocycles. The summed E-state index contributed by atoms with van der Waals surface area (Å²) < 4.78 is 0. The van der Waals surface area contributed by atoms with Crippen molar-refractivity contribution in [3.05, 3.63) is 29.8 Å². The molecule has 0 bridgehead atoms. The molecule has 1 aromatic rings. The van der Waals surface area contributed by atoms with E-state index in [2.05, 4.69) is 20.9 Å². The molecule has 0 aliphatic carbocycles. The molecule has 0 spiro atoms. The fourth-order valence-electron chi connectivity index (χ4n) is 3.83. The van der Waals surface area contributed by atoms with Crippen LogP contribution in [0.5, 0.6) is 5.75 Å². The Bertz CT molecular complexity index is 1070. The fraction of sp³-hybridized carbons (Fsp3) is 0.538. The summed E-state index contributed by atoms with van der Waals surface area (Å²) in [5, 5.41) is 26.6. The maximum Gasteiger partial charge on any atom is 0.326 e. The second kappa shape index (κ2) is 17.3. The molecule has 15 heteroatoms. The lowest BCUT2D eigenvalue weighted by Crippen LogP contribution is -2.57. The topological polar surface area (TPSA) is 278 Å². The lowest BCUT2D eigenvalue weighted by atomic mass is 10.0. The van der Waals surface area contributed by atoms with Gasteiger partial charge in [-0.2, -0.15) is 0 Å². The number of hydrogen-bond acceptors (Lipinski definition) is 8. The third-order valence-electron chi connectivity index (χ3n) is 5.94. The Morgan fingerprint density at radius 1 is 0.854 bits per heavy atom. The van der Waals surface area contributed by atoms with Gasteiger partial charge < -0.3 is 49.1 Å². The average molecular weight is 579 g/mol. The van der Waals surface area contributed by atoms with Crippen LogP contribution in [0, 0.1) is 5.92 Å². The number of aliphatic imine (C=N–C) groups is 1. The maximum atomic E-state index is 13.3. The number of carboxylic acid groups (broad SMARTS) is 1. The van der Waals surface area contributed by atoms with Crippen molar-refractivity contribution < 1.29 is 34.2 Å². The number of carbonyl (C=O) groups excluding carboxylic acids is 4. The summed E-state index contributed by atoms with van der Waals surface area (Å²) in [5.41, 5.74) is 22.4. The molecular formula is C26H42N8O7. The first-order valence-electron chi connectivity index (χ1n) is 13.2. The van der Waals surface area contributed by atoms with Crippen LogP contribution in [0.15, 0.2) is 29.3 Å². The minimum atomic E-state index is -1.39. The summed E-state index contributed by atoms with van der Waals surface area (Å²) in [7, 11) is 0. The predicted molar refractivity (Wildman–Crippen MR) is 151 cm³/mol. The summed E-state index contributed by atoms with van der Waals surface area (Å²) in [4.78, 5) is 66.2. The maximum absolute atomic E-state index is 13.3. The van der Waals surface area contributed by atoms with Crippen molar-refractivity contribution >= 4 is 35.6 Å². The summed E-state index contributed by atoms with van der Waals surface area (Å²) in [6.07, 6.45) is 0.131. The van der Waals surface area contributed by atoms with Crippen LogP contribution in [-0.4, -0.2) is 76.5 Å². The molecule has 0 aliphatic rings. The van der Waals surface area contributed by atoms with E-state index in [1.807, 2.05) is 13.8 Å². The number of nitrogens with zero attached hydrogens (tertiary/aromatic N) is 1. The predicted octanol–water partition coefficient (Wildman–Crippen LogP) is -1.83. The van der Waals surface area contributed by atoms with Crippen LogP contribution in [0.2, 0.25) is 0 Å². The molecule has 0 heterocycles. The molecule has 41 heavy (non-hydrogen) atoms. The minimum Gasteiger partial charge on any atom is -0.508 e. The number of amides is 4. The number of phenolic OH excluding ortho intramolecular Hbond substituents is 1. The molecule has 1 aromatic carbocycles. The van der Waals surface area contributed by atoms with Gasteiger partial charge in [0.25, 0.3) is 0 Å². The molecule has 0 aliphatic heterocycles. The molecule has 15 nitrogen and oxygen atoms in total. The monoisotopic (exact) mass is 578 g/mol. The highest BCUT2D eigenvalue weighted by atomic mass is 16.4. The van der Waals surface area contributed by atoms with E-state index in [9.17, 15) is 34.2 Å². The molecule has 4 amide bonds. The number of carbonyl (C=O) groups is 5. The number of primary amides is 1. The highest BCUT2D eigenvalue weighted by molar-refractivity contribution is 5.94. The number of carboxylic acids is 1. The van der Waals surface area contributed by atoms with Gasteiger partial charge in [0, 0.05) is 19.4 Å². The number of aliphatic carboxylic acids is 1. The van der Waals surface area contributed by atoms with E-state index in [-0.39, 0.29) is 49.9 Å². The van der Waals surface area contributed by atoms with E-state index in [1.54, 1.807) is 0 Å². The molecule has 1 rings (SSSR count). The van der Waals surface area contributed by atoms with Crippen LogP contribution < -0.4 is 38.9 Å². The van der Waals surface area contributed by atoms with Crippen molar-refractivity contribution in [3.63, 3.8) is 0 Å². The van der Waals surface area contributed by atoms with Crippen LogP contribution in [0.1, 0.15) is 51.5 Å². The lowest BCUT2D eigenvalue weighted by molar-refractivity contribution is -0.142. The van der Waals surface area contributed by atoms with E-state index in [0.29, 0.717) is 18.4 Å². The fourth-order valence-corrected chi connectivity index (χ4v) is 3.83. The Hall–Kier alpha value is -4.40. The van der Waals surface area contributed by atoms with Gasteiger partial charge in [-0.1, -0.05) is 26.0 Å². The molecule has 4 unspecified atom stereocenters. The Morgan fingerprint density at radius 2 is 1.39 bits per heavy atom. The highest BCUT2D eigenvalue weighted by Gasteiger charge is 2.30. The normalized spacial score (nSPS) is 13.8. The standard InChI is InChI=1S/C26H42N8O7/c1-14(2)12-17(27)22(37)32-18(4-3-11-31-26(29)30)23(38)33-19(9-10-21(28)36)24(39)34-20(25(40)41)13-15-5-7-16(35)8-6-15/h5-8,14,17-20,35H,3-4,9-13,27H2,1-2H3,(H2,28,36)(H,32,37)(H,33,38)(H,34,39)(H,40,41)(H4,29,30,31). The van der Waals surface area contributed by atoms with Gasteiger partial charge in [-0.25, -0.2) is 4.79 Å². The molecule has 0 fully saturated rings. The van der Waals surface area contributed by atoms with Crippen molar-refractivity contribution in [1.82, 2.24) is 16.0 Å². The van der Waals surface area contributed by atoms with Gasteiger partial charge in [0.15, 0.2) is 5.96 Å². The smallest absolute Gasteiger partial charge is 0.326 e. The Labute approximate surface area is 238 Å². The minimum absolute atomic E-state index is 0.0102. The zero-order valence-electron chi connectivity index (χ0n) is 23.3. The lowest BCUT2D eigenvalue weighted by Gasteiger charge is -2.25. The first-order valence-corrected chi connectivity index (χ1v) is 13.2. The van der Waals surface area contributed by atoms with Crippen LogP contribution in [0.25, 0.3) is 0 Å². The van der Waals surface area contributed by atoms with E-state index in [1.165, 1.54) is 24.3 Å². The van der Waals surface area contributed by atoms with Gasteiger partial charge in [-0.15, -0.1) is 0 Å². The molecule has 0 saturated carbocycles. The Morgan fingerprint density at radius 3 is 1.90 bits per heavy atom. The summed E-state index contributed by atoms with van der Waals surface area (Å²) in [6.45, 7) is 3.95. The first kappa shape index (κ1) is 34.6. The summed E-state index contributed by atoms with van der Waals surface area (Å²) >= 11 is 0. The third kappa shape index (κ3) is 14.0. The van der Waals surface area contributed by atoms with Crippen molar-refractivity contribution in [2.24, 2.45) is 33.8 Å². The number of phenols is 1. The third-order valence-corrected chi connectivity index (χ3v) is 5.94. The number of rotatable bonds is 18. The first-order chi connectivity index (χ1) is 19.2. The number of nitrogens with one attached hydrogen (secondary N) is 3. The van der Waals surface area contributed by atoms with Crippen LogP contribution >= 0.6 is 0 Å². The molecule has 0 radical (unpaired) electrons. The second-order valence-electron chi connectivity index (χ2n) is 10.1. The van der Waals surface area contributed by atoms with Gasteiger partial charge in [0.05, 0.1) is 6.04 Å². The number of aromatic hydroxyl groups is 1. The van der Waals surface area contributed by atoms with E-state index in [0.717, 1.165) is 0 Å². The van der Waals surface area contributed by atoms with Gasteiger partial charge in [0.1, 0.15) is 23.9 Å². The highest BCUT2D eigenvalue weighted by Crippen LogP contribution is 2.12. The van der Waals surface area contributed by atoms with Crippen molar-refractivity contribution in [2.45, 2.75) is 76.5 Å². The molecule has 228 valence electrons. The molecule has 13 N–H and O–H groups in total. The summed E-state index contributed by atoms with van der Waals surface area (Å²) in [5.74, 6) is -4.30. The second-order valence-corrected chi connectivity index (χ2v) is 10.1. The number of guanidine groups is 1. The molecule has 0 aromatic heterocycles. The zero-order valence-corrected chi connectivity index (χ0v) is 23.3.